The summed E-state index contributed by atoms with van der Waals surface area (Å²) in [5.74, 6) is -1.15. The number of benzene rings is 2. The molecule has 0 saturated heterocycles. The van der Waals surface area contributed by atoms with Crippen molar-refractivity contribution in [2.75, 3.05) is 16.8 Å². The van der Waals surface area contributed by atoms with Gasteiger partial charge in [0.15, 0.2) is 5.82 Å². The number of nitrogens with zero attached hydrogens (tertiary/aromatic N) is 2. The molecular formula is C18H16ClN5O2. The predicted molar refractivity (Wildman–Crippen MR) is 101 cm³/mol. The highest BCUT2D eigenvalue weighted by atomic mass is 35.5. The Bertz CT molecular complexity index is 952. The molecule has 0 aliphatic carbocycles. The summed E-state index contributed by atoms with van der Waals surface area (Å²) in [6, 6.07) is 15.7. The van der Waals surface area contributed by atoms with Gasteiger partial charge in [-0.05, 0) is 29.8 Å². The first-order valence-electron chi connectivity index (χ1n) is 7.73. The lowest BCUT2D eigenvalue weighted by Gasteiger charge is -2.06. The van der Waals surface area contributed by atoms with Crippen molar-refractivity contribution in [3.63, 3.8) is 0 Å². The van der Waals surface area contributed by atoms with Gasteiger partial charge in [0.05, 0.1) is 6.42 Å². The average Bonchev–Trinajstić information content (AvgIpc) is 2.92. The maximum Gasteiger partial charge on any atom is 0.263 e. The number of nitrogens with one attached hydrogen (secondary N) is 1. The third-order valence-corrected chi connectivity index (χ3v) is 3.96. The largest absolute Gasteiger partial charge is 0.383 e. The molecule has 0 spiro atoms. The van der Waals surface area contributed by atoms with Gasteiger partial charge in [-0.2, -0.15) is 4.68 Å². The molecule has 2 aromatic carbocycles. The van der Waals surface area contributed by atoms with E-state index in [1.165, 1.54) is 0 Å². The van der Waals surface area contributed by atoms with E-state index in [4.69, 9.17) is 23.1 Å². The van der Waals surface area contributed by atoms with Crippen LogP contribution in [0.5, 0.6) is 0 Å². The zero-order valence-electron chi connectivity index (χ0n) is 13.6. The first-order valence-corrected chi connectivity index (χ1v) is 8.11. The zero-order chi connectivity index (χ0) is 18.7. The normalized spacial score (nSPS) is 10.5. The van der Waals surface area contributed by atoms with Crippen molar-refractivity contribution in [1.29, 1.82) is 0 Å². The number of amides is 1. The second kappa shape index (κ2) is 7.28. The summed E-state index contributed by atoms with van der Waals surface area (Å²) in [5.41, 5.74) is 13.1. The number of aromatic nitrogens is 2. The number of carbonyl (C=O) groups is 2. The van der Waals surface area contributed by atoms with E-state index in [1.807, 2.05) is 6.07 Å². The van der Waals surface area contributed by atoms with E-state index in [0.29, 0.717) is 10.7 Å². The molecule has 5 N–H and O–H groups in total. The lowest BCUT2D eigenvalue weighted by molar-refractivity contribution is 0.0902. The van der Waals surface area contributed by atoms with E-state index >= 15 is 0 Å². The molecule has 3 aromatic rings. The molecule has 132 valence electrons. The molecule has 0 atom stereocenters. The van der Waals surface area contributed by atoms with Crippen LogP contribution in [-0.2, 0) is 6.42 Å². The van der Waals surface area contributed by atoms with Gasteiger partial charge in [-0.25, -0.2) is 0 Å². The fourth-order valence-corrected chi connectivity index (χ4v) is 2.56. The number of para-hydroxylation sites is 1. The molecule has 0 fully saturated rings. The van der Waals surface area contributed by atoms with Crippen molar-refractivity contribution < 1.29 is 9.59 Å². The molecule has 0 radical (unpaired) electrons. The summed E-state index contributed by atoms with van der Waals surface area (Å²) >= 11 is 5.83. The van der Waals surface area contributed by atoms with Crippen LogP contribution in [0.2, 0.25) is 5.02 Å². The highest BCUT2D eigenvalue weighted by molar-refractivity contribution is 6.30. The Morgan fingerprint density at radius 3 is 2.35 bits per heavy atom. The van der Waals surface area contributed by atoms with Crippen LogP contribution in [0, 0.1) is 0 Å². The molecule has 0 unspecified atom stereocenters. The van der Waals surface area contributed by atoms with Crippen molar-refractivity contribution in [3.05, 3.63) is 70.7 Å². The molecular weight excluding hydrogens is 354 g/mol. The molecule has 7 nitrogen and oxygen atoms in total. The monoisotopic (exact) mass is 369 g/mol. The van der Waals surface area contributed by atoms with E-state index in [-0.39, 0.29) is 23.6 Å². The SMILES string of the molecule is Nc1nn(C(=O)Cc2ccc(Cl)cc2)c(N)c1C(=O)Nc1ccccc1. The summed E-state index contributed by atoms with van der Waals surface area (Å²) in [7, 11) is 0. The maximum absolute atomic E-state index is 12.5. The van der Waals surface area contributed by atoms with Crippen LogP contribution < -0.4 is 16.8 Å². The molecule has 1 amide bonds. The molecule has 1 heterocycles. The quantitative estimate of drug-likeness (QED) is 0.653. The summed E-state index contributed by atoms with van der Waals surface area (Å²) in [6.07, 6.45) is 0.0439. The van der Waals surface area contributed by atoms with Crippen LogP contribution in [0.1, 0.15) is 20.7 Å². The Morgan fingerprint density at radius 1 is 1.04 bits per heavy atom. The average molecular weight is 370 g/mol. The molecule has 3 rings (SSSR count). The highest BCUT2D eigenvalue weighted by Crippen LogP contribution is 2.21. The molecule has 8 heteroatoms. The number of carbonyl (C=O) groups excluding carboxylic acids is 2. The Morgan fingerprint density at radius 2 is 1.69 bits per heavy atom. The van der Waals surface area contributed by atoms with Crippen LogP contribution >= 0.6 is 11.6 Å². The van der Waals surface area contributed by atoms with Gasteiger partial charge < -0.3 is 16.8 Å². The smallest absolute Gasteiger partial charge is 0.263 e. The summed E-state index contributed by atoms with van der Waals surface area (Å²) < 4.78 is 0.948. The van der Waals surface area contributed by atoms with Crippen molar-refractivity contribution in [3.8, 4) is 0 Å². The van der Waals surface area contributed by atoms with Gasteiger partial charge in [-0.3, -0.25) is 9.59 Å². The minimum absolute atomic E-state index is 0.0293. The number of rotatable bonds is 4. The van der Waals surface area contributed by atoms with Gasteiger partial charge in [0.2, 0.25) is 0 Å². The van der Waals surface area contributed by atoms with E-state index in [0.717, 1.165) is 10.2 Å². The third-order valence-electron chi connectivity index (χ3n) is 3.71. The van der Waals surface area contributed by atoms with Crippen LogP contribution in [0.25, 0.3) is 0 Å². The number of halogens is 1. The summed E-state index contributed by atoms with van der Waals surface area (Å²) in [4.78, 5) is 24.9. The minimum Gasteiger partial charge on any atom is -0.383 e. The maximum atomic E-state index is 12.5. The van der Waals surface area contributed by atoms with Crippen LogP contribution in [0.4, 0.5) is 17.3 Å². The number of anilines is 3. The van der Waals surface area contributed by atoms with Gasteiger partial charge in [0, 0.05) is 10.7 Å². The van der Waals surface area contributed by atoms with Crippen molar-refractivity contribution >= 4 is 40.7 Å². The predicted octanol–water partition coefficient (Wildman–Crippen LogP) is 2.84. The number of nitrogens with two attached hydrogens (primary N) is 2. The molecule has 0 aliphatic rings. The van der Waals surface area contributed by atoms with E-state index in [2.05, 4.69) is 10.4 Å². The fraction of sp³-hybridized carbons (Fsp3) is 0.0556. The zero-order valence-corrected chi connectivity index (χ0v) is 14.4. The van der Waals surface area contributed by atoms with Crippen molar-refractivity contribution in [2.45, 2.75) is 6.42 Å². The van der Waals surface area contributed by atoms with E-state index in [1.54, 1.807) is 48.5 Å². The Labute approximate surface area is 154 Å². The second-order valence-corrected chi connectivity index (χ2v) is 6.01. The lowest BCUT2D eigenvalue weighted by Crippen LogP contribution is -2.19. The van der Waals surface area contributed by atoms with Gasteiger partial charge in [0.25, 0.3) is 11.8 Å². The van der Waals surface area contributed by atoms with Gasteiger partial charge in [-0.1, -0.05) is 41.9 Å². The van der Waals surface area contributed by atoms with E-state index < -0.39 is 11.8 Å². The van der Waals surface area contributed by atoms with Crippen LogP contribution in [0.3, 0.4) is 0 Å². The summed E-state index contributed by atoms with van der Waals surface area (Å²) in [6.45, 7) is 0. The van der Waals surface area contributed by atoms with Crippen molar-refractivity contribution in [1.82, 2.24) is 9.78 Å². The number of nitrogen functional groups attached to an aromatic ring is 2. The minimum atomic E-state index is -0.531. The number of hydrogen-bond acceptors (Lipinski definition) is 5. The van der Waals surface area contributed by atoms with Crippen LogP contribution in [0.15, 0.2) is 54.6 Å². The van der Waals surface area contributed by atoms with Gasteiger partial charge >= 0.3 is 0 Å². The number of hydrogen-bond donors (Lipinski definition) is 3. The first kappa shape index (κ1) is 17.5. The van der Waals surface area contributed by atoms with Gasteiger partial charge in [0.1, 0.15) is 11.4 Å². The van der Waals surface area contributed by atoms with E-state index in [9.17, 15) is 9.59 Å². The molecule has 0 saturated carbocycles. The molecule has 1 aromatic heterocycles. The summed E-state index contributed by atoms with van der Waals surface area (Å²) in [5, 5.41) is 7.16. The molecule has 0 bridgehead atoms. The molecule has 26 heavy (non-hydrogen) atoms. The van der Waals surface area contributed by atoms with Crippen LogP contribution in [-0.4, -0.2) is 21.6 Å². The Balaban J connectivity index is 1.81. The highest BCUT2D eigenvalue weighted by Gasteiger charge is 2.23. The van der Waals surface area contributed by atoms with Crippen molar-refractivity contribution in [2.24, 2.45) is 0 Å². The Kier molecular flexibility index (Phi) is 4.90. The molecule has 0 aliphatic heterocycles. The van der Waals surface area contributed by atoms with Gasteiger partial charge in [-0.15, -0.1) is 5.10 Å². The Hall–Kier alpha value is -3.32. The second-order valence-electron chi connectivity index (χ2n) is 5.57. The topological polar surface area (TPSA) is 116 Å². The standard InChI is InChI=1S/C18H16ClN5O2/c19-12-8-6-11(7-9-12)10-14(25)24-17(21)15(16(20)23-24)18(26)22-13-4-2-1-3-5-13/h1-9H,10,21H2,(H2,20,23)(H,22,26). The first-order chi connectivity index (χ1) is 12.5. The fourth-order valence-electron chi connectivity index (χ4n) is 2.44. The third kappa shape index (κ3) is 3.68. The lowest BCUT2D eigenvalue weighted by atomic mass is 10.1.